The summed E-state index contributed by atoms with van der Waals surface area (Å²) in [4.78, 5) is 11.1. The first kappa shape index (κ1) is 10.8. The number of hydrogen-bond acceptors (Lipinski definition) is 2. The van der Waals surface area contributed by atoms with Crippen LogP contribution < -0.4 is 0 Å². The van der Waals surface area contributed by atoms with Crippen molar-refractivity contribution in [2.75, 3.05) is 0 Å². The van der Waals surface area contributed by atoms with Gasteiger partial charge in [0.15, 0.2) is 5.58 Å². The van der Waals surface area contributed by atoms with Crippen LogP contribution in [-0.2, 0) is 0 Å². The lowest BCUT2D eigenvalue weighted by Crippen LogP contribution is -1.98. The Kier molecular flexibility index (Phi) is 2.26. The third-order valence-corrected chi connectivity index (χ3v) is 3.58. The number of fused-ring (bicyclic) bond motifs is 1. The van der Waals surface area contributed by atoms with Crippen molar-refractivity contribution in [2.45, 2.75) is 18.8 Å². The fourth-order valence-corrected chi connectivity index (χ4v) is 2.49. The summed E-state index contributed by atoms with van der Waals surface area (Å²) in [6.45, 7) is 0. The largest absolute Gasteiger partial charge is 0.475 e. The number of aromatic carboxylic acids is 1. The van der Waals surface area contributed by atoms with E-state index < -0.39 is 11.8 Å². The Balaban J connectivity index is 2.42. The van der Waals surface area contributed by atoms with E-state index in [4.69, 9.17) is 9.52 Å². The van der Waals surface area contributed by atoms with E-state index in [1.807, 2.05) is 0 Å². The number of furan rings is 1. The van der Waals surface area contributed by atoms with Gasteiger partial charge < -0.3 is 9.52 Å². The van der Waals surface area contributed by atoms with Gasteiger partial charge in [-0.3, -0.25) is 0 Å². The van der Waals surface area contributed by atoms with Gasteiger partial charge in [0.1, 0.15) is 5.82 Å². The van der Waals surface area contributed by atoms with Crippen LogP contribution >= 0.6 is 15.9 Å². The van der Waals surface area contributed by atoms with E-state index in [2.05, 4.69) is 15.9 Å². The molecule has 1 aliphatic carbocycles. The maximum absolute atomic E-state index is 13.8. The summed E-state index contributed by atoms with van der Waals surface area (Å²) in [6, 6.07) is 2.84. The van der Waals surface area contributed by atoms with Crippen molar-refractivity contribution < 1.29 is 18.7 Å². The van der Waals surface area contributed by atoms with E-state index >= 15 is 0 Å². The number of rotatable bonds is 2. The molecule has 0 spiro atoms. The Morgan fingerprint density at radius 2 is 2.18 bits per heavy atom. The second-order valence-corrected chi connectivity index (χ2v) is 5.01. The zero-order chi connectivity index (χ0) is 12.2. The lowest BCUT2D eigenvalue weighted by Gasteiger charge is -1.97. The number of carboxylic acid groups (broad SMARTS) is 1. The highest BCUT2D eigenvalue weighted by molar-refractivity contribution is 9.10. The van der Waals surface area contributed by atoms with Gasteiger partial charge in [-0.25, -0.2) is 9.18 Å². The molecule has 17 heavy (non-hydrogen) atoms. The maximum atomic E-state index is 13.8. The molecule has 3 nitrogen and oxygen atoms in total. The summed E-state index contributed by atoms with van der Waals surface area (Å²) in [5, 5.41) is 9.40. The normalized spacial score (nSPS) is 15.4. The van der Waals surface area contributed by atoms with Gasteiger partial charge >= 0.3 is 5.97 Å². The van der Waals surface area contributed by atoms with Crippen LogP contribution in [0.4, 0.5) is 4.39 Å². The predicted octanol–water partition coefficient (Wildman–Crippen LogP) is 3.91. The van der Waals surface area contributed by atoms with Crippen LogP contribution in [0.5, 0.6) is 0 Å². The minimum Gasteiger partial charge on any atom is -0.475 e. The molecule has 0 saturated heterocycles. The Bertz CT molecular complexity index is 628. The van der Waals surface area contributed by atoms with Crippen molar-refractivity contribution in [2.24, 2.45) is 0 Å². The van der Waals surface area contributed by atoms with Gasteiger partial charge in [-0.15, -0.1) is 0 Å². The second kappa shape index (κ2) is 3.57. The third-order valence-electron chi connectivity index (χ3n) is 2.96. The minimum absolute atomic E-state index is 0.117. The highest BCUT2D eigenvalue weighted by atomic mass is 79.9. The van der Waals surface area contributed by atoms with E-state index in [9.17, 15) is 9.18 Å². The SMILES string of the molecule is O=C(O)c1oc2c(Br)ccc(F)c2c1C1CC1. The lowest BCUT2D eigenvalue weighted by atomic mass is 10.1. The van der Waals surface area contributed by atoms with Gasteiger partial charge in [-0.05, 0) is 46.8 Å². The Labute approximate surface area is 104 Å². The second-order valence-electron chi connectivity index (χ2n) is 4.16. The standard InChI is InChI=1S/C12H8BrFO3/c13-6-3-4-7(14)9-8(5-1-2-5)11(12(15)16)17-10(6)9/h3-5H,1-2H2,(H,15,16). The van der Waals surface area contributed by atoms with Gasteiger partial charge in [0, 0.05) is 5.56 Å². The summed E-state index contributed by atoms with van der Waals surface area (Å²) < 4.78 is 19.7. The summed E-state index contributed by atoms with van der Waals surface area (Å²) in [5.74, 6) is -1.59. The molecule has 88 valence electrons. The van der Waals surface area contributed by atoms with E-state index in [1.54, 1.807) is 0 Å². The molecule has 1 aromatic heterocycles. The van der Waals surface area contributed by atoms with Gasteiger partial charge in [0.05, 0.1) is 9.86 Å². The summed E-state index contributed by atoms with van der Waals surface area (Å²) in [6.07, 6.45) is 1.78. The third kappa shape index (κ3) is 1.57. The van der Waals surface area contributed by atoms with E-state index in [0.717, 1.165) is 12.8 Å². The average Bonchev–Trinajstić information content (AvgIpc) is 3.03. The van der Waals surface area contributed by atoms with Crippen LogP contribution in [0.2, 0.25) is 0 Å². The average molecular weight is 299 g/mol. The van der Waals surface area contributed by atoms with Crippen LogP contribution in [-0.4, -0.2) is 11.1 Å². The van der Waals surface area contributed by atoms with E-state index in [-0.39, 0.29) is 17.3 Å². The quantitative estimate of drug-likeness (QED) is 0.914. The minimum atomic E-state index is -1.14. The number of hydrogen-bond donors (Lipinski definition) is 1. The molecule has 1 heterocycles. The van der Waals surface area contributed by atoms with Gasteiger partial charge in [-0.2, -0.15) is 0 Å². The molecule has 2 aromatic rings. The molecule has 0 amide bonds. The van der Waals surface area contributed by atoms with E-state index in [1.165, 1.54) is 12.1 Å². The molecule has 0 atom stereocenters. The highest BCUT2D eigenvalue weighted by Gasteiger charge is 2.35. The van der Waals surface area contributed by atoms with E-state index in [0.29, 0.717) is 15.4 Å². The molecule has 3 rings (SSSR count). The molecule has 1 N–H and O–H groups in total. The van der Waals surface area contributed by atoms with Gasteiger partial charge in [0.25, 0.3) is 0 Å². The molecule has 1 saturated carbocycles. The summed E-state index contributed by atoms with van der Waals surface area (Å²) >= 11 is 3.24. The smallest absolute Gasteiger partial charge is 0.372 e. The summed E-state index contributed by atoms with van der Waals surface area (Å²) in [7, 11) is 0. The van der Waals surface area contributed by atoms with Crippen molar-refractivity contribution in [1.82, 2.24) is 0 Å². The number of carboxylic acids is 1. The molecule has 0 aliphatic heterocycles. The summed E-state index contributed by atoms with van der Waals surface area (Å²) in [5.41, 5.74) is 0.788. The molecule has 0 unspecified atom stereocenters. The molecule has 5 heteroatoms. The van der Waals surface area contributed by atoms with Crippen LogP contribution in [0, 0.1) is 5.82 Å². The van der Waals surface area contributed by atoms with Crippen LogP contribution in [0.1, 0.15) is 34.9 Å². The predicted molar refractivity (Wildman–Crippen MR) is 62.8 cm³/mol. The zero-order valence-corrected chi connectivity index (χ0v) is 10.3. The van der Waals surface area contributed by atoms with Crippen molar-refractivity contribution in [3.8, 4) is 0 Å². The first-order valence-electron chi connectivity index (χ1n) is 5.23. The number of carbonyl (C=O) groups is 1. The molecule has 1 aromatic carbocycles. The molecular formula is C12H8BrFO3. The Morgan fingerprint density at radius 1 is 1.47 bits per heavy atom. The van der Waals surface area contributed by atoms with Crippen molar-refractivity contribution in [3.05, 3.63) is 33.7 Å². The first-order chi connectivity index (χ1) is 8.09. The molecule has 0 radical (unpaired) electrons. The zero-order valence-electron chi connectivity index (χ0n) is 8.67. The fraction of sp³-hybridized carbons (Fsp3) is 0.250. The van der Waals surface area contributed by atoms with Crippen LogP contribution in [0.25, 0.3) is 11.0 Å². The highest BCUT2D eigenvalue weighted by Crippen LogP contribution is 2.47. The topological polar surface area (TPSA) is 50.4 Å². The Morgan fingerprint density at radius 3 is 2.76 bits per heavy atom. The fourth-order valence-electron chi connectivity index (χ4n) is 2.07. The monoisotopic (exact) mass is 298 g/mol. The number of benzene rings is 1. The van der Waals surface area contributed by atoms with Crippen LogP contribution in [0.3, 0.4) is 0 Å². The maximum Gasteiger partial charge on any atom is 0.372 e. The van der Waals surface area contributed by atoms with Crippen molar-refractivity contribution >= 4 is 32.9 Å². The Hall–Kier alpha value is -1.36. The number of halogens is 2. The lowest BCUT2D eigenvalue weighted by molar-refractivity contribution is 0.0663. The van der Waals surface area contributed by atoms with Gasteiger partial charge in [0.2, 0.25) is 5.76 Å². The molecule has 1 fully saturated rings. The van der Waals surface area contributed by atoms with Crippen molar-refractivity contribution in [1.29, 1.82) is 0 Å². The molecule has 0 bridgehead atoms. The molecular weight excluding hydrogens is 291 g/mol. The first-order valence-corrected chi connectivity index (χ1v) is 6.02. The van der Waals surface area contributed by atoms with Crippen LogP contribution in [0.15, 0.2) is 21.0 Å². The van der Waals surface area contributed by atoms with Gasteiger partial charge in [-0.1, -0.05) is 0 Å². The molecule has 1 aliphatic rings. The van der Waals surface area contributed by atoms with Crippen molar-refractivity contribution in [3.63, 3.8) is 0 Å².